The summed E-state index contributed by atoms with van der Waals surface area (Å²) in [5.41, 5.74) is 0.235. The van der Waals surface area contributed by atoms with E-state index in [0.717, 1.165) is 31.6 Å². The first kappa shape index (κ1) is 17.3. The molecule has 1 N–H and O–H groups in total. The molecule has 0 aromatic carbocycles. The summed E-state index contributed by atoms with van der Waals surface area (Å²) in [5, 5.41) is 2.78. The predicted molar refractivity (Wildman–Crippen MR) is 85.8 cm³/mol. The minimum absolute atomic E-state index is 0.0891. The van der Waals surface area contributed by atoms with Gasteiger partial charge in [0.05, 0.1) is 24.3 Å². The summed E-state index contributed by atoms with van der Waals surface area (Å²) in [5.74, 6) is 0.0891. The number of hydrogen-bond acceptors (Lipinski definition) is 4. The molecule has 0 bridgehead atoms. The van der Waals surface area contributed by atoms with E-state index in [1.54, 1.807) is 17.1 Å². The fourth-order valence-corrected chi connectivity index (χ4v) is 2.59. The number of imidazole rings is 1. The molecule has 1 aliphatic rings. The number of alkyl carbamates (subject to hydrolysis) is 1. The molecule has 0 saturated carbocycles. The van der Waals surface area contributed by atoms with Gasteiger partial charge >= 0.3 is 6.09 Å². The zero-order valence-electron chi connectivity index (χ0n) is 14.3. The third-order valence-corrected chi connectivity index (χ3v) is 3.69. The summed E-state index contributed by atoms with van der Waals surface area (Å²) >= 11 is 0. The normalized spacial score (nSPS) is 16.3. The molecule has 2 rings (SSSR count). The minimum Gasteiger partial charge on any atom is -0.444 e. The molecule has 1 fully saturated rings. The molecule has 0 radical (unpaired) electrons. The van der Waals surface area contributed by atoms with Crippen LogP contribution in [0, 0.1) is 0 Å². The first-order chi connectivity index (χ1) is 10.8. The summed E-state index contributed by atoms with van der Waals surface area (Å²) in [6.07, 6.45) is 4.94. The van der Waals surface area contributed by atoms with Crippen LogP contribution in [0.1, 0.15) is 52.3 Å². The largest absolute Gasteiger partial charge is 0.444 e. The van der Waals surface area contributed by atoms with Gasteiger partial charge in [-0.05, 0) is 40.5 Å². The molecule has 1 saturated heterocycles. The lowest BCUT2D eigenvalue weighted by Crippen LogP contribution is -2.35. The topological polar surface area (TPSA) is 76.5 Å². The highest BCUT2D eigenvalue weighted by Gasteiger charge is 2.22. The molecule has 2 heterocycles. The van der Waals surface area contributed by atoms with Crippen LogP contribution in [-0.4, -0.2) is 45.1 Å². The van der Waals surface area contributed by atoms with Crippen LogP contribution in [0.3, 0.4) is 0 Å². The number of nitrogens with zero attached hydrogens (tertiary/aromatic N) is 3. The lowest BCUT2D eigenvalue weighted by Gasteiger charge is -2.23. The number of ether oxygens (including phenoxy) is 1. The fraction of sp³-hybridized carbons (Fsp3) is 0.688. The zero-order valence-corrected chi connectivity index (χ0v) is 14.3. The molecular weight excluding hydrogens is 296 g/mol. The third kappa shape index (κ3) is 4.97. The van der Waals surface area contributed by atoms with Gasteiger partial charge in [0.1, 0.15) is 12.1 Å². The number of amides is 2. The Morgan fingerprint density at radius 2 is 2.00 bits per heavy atom. The number of carbonyl (C=O) groups is 2. The molecule has 128 valence electrons. The van der Waals surface area contributed by atoms with Crippen molar-refractivity contribution in [1.82, 2.24) is 19.8 Å². The number of nitrogens with one attached hydrogen (secondary N) is 1. The second kappa shape index (κ2) is 7.02. The average molecular weight is 322 g/mol. The van der Waals surface area contributed by atoms with Crippen LogP contribution in [0.5, 0.6) is 0 Å². The molecule has 1 aromatic heterocycles. The Bertz CT molecular complexity index is 556. The highest BCUT2D eigenvalue weighted by atomic mass is 16.6. The number of aromatic nitrogens is 2. The Hall–Kier alpha value is -2.05. The van der Waals surface area contributed by atoms with Gasteiger partial charge < -0.3 is 19.5 Å². The Labute approximate surface area is 137 Å². The van der Waals surface area contributed by atoms with Gasteiger partial charge in [0.15, 0.2) is 0 Å². The maximum Gasteiger partial charge on any atom is 0.408 e. The van der Waals surface area contributed by atoms with E-state index in [1.807, 2.05) is 32.6 Å². The molecule has 1 atom stereocenters. The van der Waals surface area contributed by atoms with Gasteiger partial charge in [0.25, 0.3) is 0 Å². The molecular formula is C16H26N4O3. The molecule has 1 aromatic rings. The second-order valence-corrected chi connectivity index (χ2v) is 6.90. The van der Waals surface area contributed by atoms with Crippen LogP contribution in [0.2, 0.25) is 0 Å². The monoisotopic (exact) mass is 322 g/mol. The van der Waals surface area contributed by atoms with Gasteiger partial charge in [-0.15, -0.1) is 0 Å². The highest BCUT2D eigenvalue weighted by molar-refractivity contribution is 5.76. The molecule has 1 aliphatic heterocycles. The summed E-state index contributed by atoms with van der Waals surface area (Å²) < 4.78 is 7.03. The zero-order chi connectivity index (χ0) is 17.0. The van der Waals surface area contributed by atoms with Gasteiger partial charge in [0.2, 0.25) is 5.91 Å². The van der Waals surface area contributed by atoms with Gasteiger partial charge in [-0.3, -0.25) is 4.79 Å². The molecule has 0 aliphatic carbocycles. The molecule has 7 heteroatoms. The number of likely N-dealkylation sites (tertiary alicyclic amines) is 1. The lowest BCUT2D eigenvalue weighted by atomic mass is 10.2. The van der Waals surface area contributed by atoms with E-state index in [-0.39, 0.29) is 18.5 Å². The summed E-state index contributed by atoms with van der Waals surface area (Å²) in [6.45, 7) is 9.19. The van der Waals surface area contributed by atoms with E-state index >= 15 is 0 Å². The maximum atomic E-state index is 12.3. The number of rotatable bonds is 4. The van der Waals surface area contributed by atoms with Gasteiger partial charge in [-0.25, -0.2) is 9.78 Å². The van der Waals surface area contributed by atoms with Crippen LogP contribution < -0.4 is 5.32 Å². The van der Waals surface area contributed by atoms with Gasteiger partial charge in [-0.1, -0.05) is 0 Å². The van der Waals surface area contributed by atoms with Gasteiger partial charge in [-0.2, -0.15) is 0 Å². The van der Waals surface area contributed by atoms with Gasteiger partial charge in [0, 0.05) is 13.1 Å². The van der Waals surface area contributed by atoms with Crippen molar-refractivity contribution in [1.29, 1.82) is 0 Å². The van der Waals surface area contributed by atoms with Crippen LogP contribution >= 0.6 is 0 Å². The van der Waals surface area contributed by atoms with Crippen LogP contribution in [0.25, 0.3) is 0 Å². The summed E-state index contributed by atoms with van der Waals surface area (Å²) in [7, 11) is 0. The third-order valence-electron chi connectivity index (χ3n) is 3.69. The number of hydrogen-bond donors (Lipinski definition) is 1. The molecule has 0 spiro atoms. The van der Waals surface area contributed by atoms with Crippen molar-refractivity contribution in [2.24, 2.45) is 0 Å². The molecule has 2 amide bonds. The smallest absolute Gasteiger partial charge is 0.408 e. The highest BCUT2D eigenvalue weighted by Crippen LogP contribution is 2.15. The van der Waals surface area contributed by atoms with Crippen molar-refractivity contribution >= 4 is 12.0 Å². The van der Waals surface area contributed by atoms with Crippen molar-refractivity contribution in [2.75, 3.05) is 13.1 Å². The van der Waals surface area contributed by atoms with E-state index in [2.05, 4.69) is 10.3 Å². The Morgan fingerprint density at radius 3 is 2.61 bits per heavy atom. The standard InChI is InChI=1S/C16H26N4O3/c1-12(18-15(22)23-16(2,3)4)13-9-17-11-20(13)10-14(21)19-7-5-6-8-19/h9,11-12H,5-8,10H2,1-4H3,(H,18,22)/t12-/m0/s1. The maximum absolute atomic E-state index is 12.3. The van der Waals surface area contributed by atoms with Crippen LogP contribution in [0.15, 0.2) is 12.5 Å². The predicted octanol–water partition coefficient (Wildman–Crippen LogP) is 2.09. The fourth-order valence-electron chi connectivity index (χ4n) is 2.59. The van der Waals surface area contributed by atoms with Crippen molar-refractivity contribution in [3.05, 3.63) is 18.2 Å². The Kier molecular flexibility index (Phi) is 5.28. The summed E-state index contributed by atoms with van der Waals surface area (Å²) in [6, 6.07) is -0.293. The Balaban J connectivity index is 1.96. The van der Waals surface area contributed by atoms with Crippen LogP contribution in [-0.2, 0) is 16.1 Å². The van der Waals surface area contributed by atoms with Crippen molar-refractivity contribution in [3.8, 4) is 0 Å². The Morgan fingerprint density at radius 1 is 1.35 bits per heavy atom. The number of carbonyl (C=O) groups excluding carboxylic acids is 2. The quantitative estimate of drug-likeness (QED) is 0.921. The lowest BCUT2D eigenvalue weighted by molar-refractivity contribution is -0.130. The van der Waals surface area contributed by atoms with E-state index in [9.17, 15) is 9.59 Å². The van der Waals surface area contributed by atoms with Crippen molar-refractivity contribution < 1.29 is 14.3 Å². The SMILES string of the molecule is C[C@H](NC(=O)OC(C)(C)C)c1cncn1CC(=O)N1CCCC1. The van der Waals surface area contributed by atoms with Crippen molar-refractivity contribution in [3.63, 3.8) is 0 Å². The first-order valence-electron chi connectivity index (χ1n) is 8.03. The minimum atomic E-state index is -0.546. The molecule has 7 nitrogen and oxygen atoms in total. The first-order valence-corrected chi connectivity index (χ1v) is 8.03. The van der Waals surface area contributed by atoms with E-state index in [1.165, 1.54) is 0 Å². The molecule has 0 unspecified atom stereocenters. The molecule has 23 heavy (non-hydrogen) atoms. The van der Waals surface area contributed by atoms with Crippen LogP contribution in [0.4, 0.5) is 4.79 Å². The van der Waals surface area contributed by atoms with E-state index < -0.39 is 11.7 Å². The van der Waals surface area contributed by atoms with E-state index in [4.69, 9.17) is 4.74 Å². The van der Waals surface area contributed by atoms with Crippen molar-refractivity contribution in [2.45, 2.75) is 58.7 Å². The second-order valence-electron chi connectivity index (χ2n) is 6.90. The summed E-state index contributed by atoms with van der Waals surface area (Å²) in [4.78, 5) is 30.1. The van der Waals surface area contributed by atoms with E-state index in [0.29, 0.717) is 0 Å². The average Bonchev–Trinajstić information content (AvgIpc) is 3.06.